The van der Waals surface area contributed by atoms with Gasteiger partial charge in [0.05, 0.1) is 12.2 Å². The molecular weight excluding hydrogens is 453 g/mol. The number of guanidine groups is 1. The zero-order chi connectivity index (χ0) is 17.4. The van der Waals surface area contributed by atoms with Crippen LogP contribution in [-0.4, -0.2) is 22.6 Å². The van der Waals surface area contributed by atoms with Gasteiger partial charge < -0.3 is 15.2 Å². The van der Waals surface area contributed by atoms with E-state index in [1.54, 1.807) is 12.3 Å². The fourth-order valence-electron chi connectivity index (χ4n) is 2.32. The van der Waals surface area contributed by atoms with Gasteiger partial charge in [-0.2, -0.15) is 0 Å². The molecule has 2 N–H and O–H groups in total. The minimum Gasteiger partial charge on any atom is -0.361 e. The predicted molar refractivity (Wildman–Crippen MR) is 112 cm³/mol. The topological polar surface area (TPSA) is 75.3 Å². The van der Waals surface area contributed by atoms with Gasteiger partial charge >= 0.3 is 0 Å². The van der Waals surface area contributed by atoms with E-state index in [0.29, 0.717) is 18.2 Å². The molecule has 0 saturated carbocycles. The summed E-state index contributed by atoms with van der Waals surface area (Å²) in [7, 11) is 0. The Balaban J connectivity index is 0.00000312. The van der Waals surface area contributed by atoms with Crippen LogP contribution in [0.3, 0.4) is 0 Å². The third-order valence-electron chi connectivity index (χ3n) is 3.59. The minimum atomic E-state index is 0. The van der Waals surface area contributed by atoms with Gasteiger partial charge in [0.1, 0.15) is 10.9 Å². The SMILES string of the molecule is CCNC(=NCc1ccc(Cl)nc1)NCc1c(CC)noc1CC.I. The molecule has 6 nitrogen and oxygen atoms in total. The van der Waals surface area contributed by atoms with Gasteiger partial charge in [0.2, 0.25) is 0 Å². The van der Waals surface area contributed by atoms with E-state index < -0.39 is 0 Å². The van der Waals surface area contributed by atoms with Gasteiger partial charge in [0.25, 0.3) is 0 Å². The molecule has 0 bridgehead atoms. The van der Waals surface area contributed by atoms with Crippen molar-refractivity contribution in [1.29, 1.82) is 0 Å². The maximum Gasteiger partial charge on any atom is 0.191 e. The van der Waals surface area contributed by atoms with Gasteiger partial charge in [0.15, 0.2) is 5.96 Å². The van der Waals surface area contributed by atoms with Crippen LogP contribution in [0.1, 0.15) is 43.4 Å². The van der Waals surface area contributed by atoms with E-state index >= 15 is 0 Å². The third kappa shape index (κ3) is 6.47. The molecule has 2 rings (SSSR count). The van der Waals surface area contributed by atoms with Crippen molar-refractivity contribution in [2.75, 3.05) is 6.54 Å². The smallest absolute Gasteiger partial charge is 0.191 e. The monoisotopic (exact) mass is 477 g/mol. The first-order valence-electron chi connectivity index (χ1n) is 8.26. The molecule has 0 fully saturated rings. The summed E-state index contributed by atoms with van der Waals surface area (Å²) in [4.78, 5) is 8.65. The highest BCUT2D eigenvalue weighted by Gasteiger charge is 2.13. The second-order valence-corrected chi connectivity index (χ2v) is 5.66. The molecule has 0 aliphatic heterocycles. The highest BCUT2D eigenvalue weighted by atomic mass is 127. The highest BCUT2D eigenvalue weighted by molar-refractivity contribution is 14.0. The van der Waals surface area contributed by atoms with Gasteiger partial charge in [-0.15, -0.1) is 24.0 Å². The van der Waals surface area contributed by atoms with Crippen molar-refractivity contribution in [3.8, 4) is 0 Å². The molecule has 138 valence electrons. The zero-order valence-corrected chi connectivity index (χ0v) is 17.9. The fraction of sp³-hybridized carbons (Fsp3) is 0.471. The first-order chi connectivity index (χ1) is 11.7. The number of rotatable bonds is 7. The van der Waals surface area contributed by atoms with Crippen LogP contribution >= 0.6 is 35.6 Å². The summed E-state index contributed by atoms with van der Waals surface area (Å²) < 4.78 is 5.40. The summed E-state index contributed by atoms with van der Waals surface area (Å²) in [6.45, 7) is 8.14. The van der Waals surface area contributed by atoms with Crippen molar-refractivity contribution in [3.63, 3.8) is 0 Å². The van der Waals surface area contributed by atoms with Crippen LogP contribution in [0.2, 0.25) is 5.15 Å². The van der Waals surface area contributed by atoms with Crippen LogP contribution < -0.4 is 10.6 Å². The zero-order valence-electron chi connectivity index (χ0n) is 14.8. The summed E-state index contributed by atoms with van der Waals surface area (Å²) in [5, 5.41) is 11.2. The van der Waals surface area contributed by atoms with Crippen LogP contribution in [-0.2, 0) is 25.9 Å². The quantitative estimate of drug-likeness (QED) is 0.275. The van der Waals surface area contributed by atoms with Gasteiger partial charge in [-0.25, -0.2) is 9.98 Å². The number of aryl methyl sites for hydroxylation is 2. The second kappa shape index (κ2) is 11.3. The first kappa shape index (κ1) is 21.7. The molecule has 0 atom stereocenters. The lowest BCUT2D eigenvalue weighted by Crippen LogP contribution is -2.37. The van der Waals surface area contributed by atoms with Gasteiger partial charge in [-0.3, -0.25) is 0 Å². The molecule has 2 aromatic heterocycles. The molecule has 0 unspecified atom stereocenters. The lowest BCUT2D eigenvalue weighted by Gasteiger charge is -2.11. The summed E-state index contributed by atoms with van der Waals surface area (Å²) in [6.07, 6.45) is 3.42. The number of nitrogens with zero attached hydrogens (tertiary/aromatic N) is 3. The molecule has 0 aromatic carbocycles. The lowest BCUT2D eigenvalue weighted by molar-refractivity contribution is 0.380. The fourth-order valence-corrected chi connectivity index (χ4v) is 2.43. The Hall–Kier alpha value is -1.35. The standard InChI is InChI=1S/C17H24ClN5O.HI/c1-4-14-13(15(5-2)24-23-14)11-22-17(19-6-3)21-10-12-7-8-16(18)20-9-12;/h7-9H,4-6,10-11H2,1-3H3,(H2,19,21,22);1H. The largest absolute Gasteiger partial charge is 0.361 e. The van der Waals surface area contributed by atoms with Crippen molar-refractivity contribution in [1.82, 2.24) is 20.8 Å². The van der Waals surface area contributed by atoms with E-state index in [0.717, 1.165) is 47.9 Å². The normalized spacial score (nSPS) is 11.1. The third-order valence-corrected chi connectivity index (χ3v) is 3.82. The average molecular weight is 478 g/mol. The van der Waals surface area contributed by atoms with Gasteiger partial charge in [-0.05, 0) is 25.0 Å². The van der Waals surface area contributed by atoms with Crippen molar-refractivity contribution in [3.05, 3.63) is 46.1 Å². The second-order valence-electron chi connectivity index (χ2n) is 5.28. The van der Waals surface area contributed by atoms with E-state index in [4.69, 9.17) is 16.1 Å². The van der Waals surface area contributed by atoms with Crippen molar-refractivity contribution >= 4 is 41.5 Å². The van der Waals surface area contributed by atoms with E-state index in [1.165, 1.54) is 0 Å². The summed E-state index contributed by atoms with van der Waals surface area (Å²) in [5.41, 5.74) is 3.13. The van der Waals surface area contributed by atoms with Crippen molar-refractivity contribution in [2.45, 2.75) is 46.7 Å². The summed E-state index contributed by atoms with van der Waals surface area (Å²) >= 11 is 5.80. The molecule has 2 heterocycles. The van der Waals surface area contributed by atoms with Crippen LogP contribution in [0, 0.1) is 0 Å². The number of pyridine rings is 1. The Labute approximate surface area is 170 Å². The molecule has 0 amide bonds. The number of aliphatic imine (C=N–C) groups is 1. The molecule has 0 saturated heterocycles. The van der Waals surface area contributed by atoms with Crippen molar-refractivity contribution < 1.29 is 4.52 Å². The molecule has 0 aliphatic carbocycles. The molecule has 0 radical (unpaired) electrons. The number of hydrogen-bond acceptors (Lipinski definition) is 4. The molecule has 0 aliphatic rings. The van der Waals surface area contributed by atoms with E-state index in [-0.39, 0.29) is 24.0 Å². The summed E-state index contributed by atoms with van der Waals surface area (Å²) in [5.74, 6) is 1.68. The number of halogens is 2. The maximum atomic E-state index is 5.80. The van der Waals surface area contributed by atoms with Crippen LogP contribution in [0.5, 0.6) is 0 Å². The number of aromatic nitrogens is 2. The molecule has 25 heavy (non-hydrogen) atoms. The minimum absolute atomic E-state index is 0. The Kier molecular flexibility index (Phi) is 9.81. The van der Waals surface area contributed by atoms with Gasteiger partial charge in [0, 0.05) is 31.3 Å². The summed E-state index contributed by atoms with van der Waals surface area (Å²) in [6, 6.07) is 3.69. The molecular formula is C17H25ClIN5O. The van der Waals surface area contributed by atoms with E-state index in [1.807, 2.05) is 13.0 Å². The van der Waals surface area contributed by atoms with Crippen molar-refractivity contribution in [2.24, 2.45) is 4.99 Å². The van der Waals surface area contributed by atoms with Crippen LogP contribution in [0.15, 0.2) is 27.8 Å². The molecule has 8 heteroatoms. The Morgan fingerprint density at radius 3 is 2.60 bits per heavy atom. The number of nitrogens with one attached hydrogen (secondary N) is 2. The predicted octanol–water partition coefficient (Wildman–Crippen LogP) is 3.72. The molecule has 0 spiro atoms. The lowest BCUT2D eigenvalue weighted by atomic mass is 10.1. The van der Waals surface area contributed by atoms with Crippen LogP contribution in [0.25, 0.3) is 0 Å². The highest BCUT2D eigenvalue weighted by Crippen LogP contribution is 2.15. The Morgan fingerprint density at radius 2 is 2.00 bits per heavy atom. The van der Waals surface area contributed by atoms with E-state index in [2.05, 4.69) is 39.6 Å². The number of hydrogen-bond donors (Lipinski definition) is 2. The Morgan fingerprint density at radius 1 is 1.20 bits per heavy atom. The first-order valence-corrected chi connectivity index (χ1v) is 8.64. The van der Waals surface area contributed by atoms with E-state index in [9.17, 15) is 0 Å². The molecule has 2 aromatic rings. The van der Waals surface area contributed by atoms with Gasteiger partial charge in [-0.1, -0.05) is 36.7 Å². The maximum absolute atomic E-state index is 5.80. The average Bonchev–Trinajstić information content (AvgIpc) is 3.00. The van der Waals surface area contributed by atoms with Crippen LogP contribution in [0.4, 0.5) is 0 Å². The Bertz CT molecular complexity index is 651.